The van der Waals surface area contributed by atoms with Crippen molar-refractivity contribution in [3.05, 3.63) is 41.5 Å². The highest BCUT2D eigenvalue weighted by molar-refractivity contribution is 7.81. The van der Waals surface area contributed by atoms with Crippen molar-refractivity contribution in [2.24, 2.45) is 5.73 Å². The topological polar surface area (TPSA) is 43.1 Å². The molecule has 0 saturated carbocycles. The number of nitrogens with two attached hydrogens (primary N) is 1. The highest BCUT2D eigenvalue weighted by Gasteiger charge is 2.25. The Hall–Kier alpha value is -1.48. The van der Waals surface area contributed by atoms with Crippen molar-refractivity contribution in [2.75, 3.05) is 0 Å². The molecule has 70 valence electrons. The zero-order valence-electron chi connectivity index (χ0n) is 7.44. The minimum Gasteiger partial charge on any atom is -0.369 e. The van der Waals surface area contributed by atoms with Crippen molar-refractivity contribution >= 4 is 29.1 Å². The van der Waals surface area contributed by atoms with Crippen molar-refractivity contribution in [3.63, 3.8) is 0 Å². The first-order valence-electron chi connectivity index (χ1n) is 4.30. The lowest BCUT2D eigenvalue weighted by Crippen LogP contribution is -2.28. The van der Waals surface area contributed by atoms with Crippen LogP contribution in [0.3, 0.4) is 0 Å². The van der Waals surface area contributed by atoms with Gasteiger partial charge >= 0.3 is 0 Å². The Balaban J connectivity index is 2.59. The lowest BCUT2D eigenvalue weighted by molar-refractivity contribution is -0.118. The summed E-state index contributed by atoms with van der Waals surface area (Å²) in [4.78, 5) is 11.8. The van der Waals surface area contributed by atoms with Crippen LogP contribution in [0.4, 0.5) is 0 Å². The Morgan fingerprint density at radius 1 is 1.29 bits per heavy atom. The number of amides is 1. The van der Waals surface area contributed by atoms with Crippen molar-refractivity contribution < 1.29 is 4.79 Å². The Labute approximate surface area is 87.4 Å². The molecule has 1 aliphatic carbocycles. The maximum absolute atomic E-state index is 11.2. The third-order valence-electron chi connectivity index (χ3n) is 2.30. The highest BCUT2D eigenvalue weighted by atomic mass is 32.1. The van der Waals surface area contributed by atoms with E-state index in [2.05, 4.69) is 0 Å². The van der Waals surface area contributed by atoms with Gasteiger partial charge in [-0.2, -0.15) is 0 Å². The molecule has 0 spiro atoms. The van der Waals surface area contributed by atoms with Crippen molar-refractivity contribution in [1.29, 1.82) is 0 Å². The number of thiocarbonyl (C=S) groups is 1. The second-order valence-corrected chi connectivity index (χ2v) is 3.67. The maximum atomic E-state index is 11.2. The summed E-state index contributed by atoms with van der Waals surface area (Å²) in [5.41, 5.74) is 7.24. The van der Waals surface area contributed by atoms with Gasteiger partial charge in [0.25, 0.3) is 0 Å². The number of hydrogen-bond acceptors (Lipinski definition) is 2. The van der Waals surface area contributed by atoms with Gasteiger partial charge in [-0.25, -0.2) is 0 Å². The fraction of sp³-hybridized carbons (Fsp3) is 0.0909. The van der Waals surface area contributed by atoms with E-state index in [0.29, 0.717) is 4.86 Å². The van der Waals surface area contributed by atoms with Crippen LogP contribution >= 0.6 is 12.2 Å². The van der Waals surface area contributed by atoms with E-state index in [0.717, 1.165) is 11.1 Å². The molecule has 0 radical (unpaired) electrons. The number of fused-ring (bicyclic) bond motifs is 1. The van der Waals surface area contributed by atoms with Crippen LogP contribution in [0.25, 0.3) is 6.08 Å². The first-order valence-corrected chi connectivity index (χ1v) is 4.71. The molecule has 3 heteroatoms. The van der Waals surface area contributed by atoms with Crippen LogP contribution in [0.1, 0.15) is 17.0 Å². The molecular formula is C11H9NOS. The van der Waals surface area contributed by atoms with Gasteiger partial charge in [0.1, 0.15) is 0 Å². The summed E-state index contributed by atoms with van der Waals surface area (Å²) in [6.45, 7) is 0. The summed E-state index contributed by atoms with van der Waals surface area (Å²) in [7, 11) is 0. The molecule has 2 rings (SSSR count). The number of hydrogen-bond donors (Lipinski definition) is 1. The van der Waals surface area contributed by atoms with Crippen LogP contribution in [0.5, 0.6) is 0 Å². The quantitative estimate of drug-likeness (QED) is 0.705. The lowest BCUT2D eigenvalue weighted by atomic mass is 9.86. The first kappa shape index (κ1) is 9.09. The van der Waals surface area contributed by atoms with E-state index in [1.165, 1.54) is 0 Å². The second-order valence-electron chi connectivity index (χ2n) is 3.20. The minimum atomic E-state index is -0.439. The van der Waals surface area contributed by atoms with Gasteiger partial charge in [-0.15, -0.1) is 0 Å². The minimum absolute atomic E-state index is 0.383. The van der Waals surface area contributed by atoms with Gasteiger partial charge in [0.15, 0.2) is 0 Å². The third kappa shape index (κ3) is 1.36. The molecule has 0 bridgehead atoms. The molecule has 0 heterocycles. The van der Waals surface area contributed by atoms with Gasteiger partial charge < -0.3 is 5.73 Å². The zero-order chi connectivity index (χ0) is 10.1. The van der Waals surface area contributed by atoms with E-state index in [1.807, 2.05) is 30.3 Å². The van der Waals surface area contributed by atoms with E-state index in [9.17, 15) is 4.79 Å². The molecule has 0 fully saturated rings. The first-order chi connectivity index (χ1) is 6.70. The maximum Gasteiger partial charge on any atom is 0.230 e. The lowest BCUT2D eigenvalue weighted by Gasteiger charge is -2.19. The molecule has 1 aromatic rings. The molecule has 1 atom stereocenters. The van der Waals surface area contributed by atoms with Crippen molar-refractivity contribution in [1.82, 2.24) is 0 Å². The van der Waals surface area contributed by atoms with Crippen LogP contribution in [0, 0.1) is 0 Å². The summed E-state index contributed by atoms with van der Waals surface area (Å²) in [5, 5.41) is 0. The Kier molecular flexibility index (Phi) is 2.17. The molecular weight excluding hydrogens is 194 g/mol. The smallest absolute Gasteiger partial charge is 0.230 e. The Bertz CT molecular complexity index is 437. The van der Waals surface area contributed by atoms with E-state index >= 15 is 0 Å². The standard InChI is InChI=1S/C11H9NOS/c12-11(13)10-8-4-2-1-3-7(8)5-6-9(10)14/h1-6,10H,(H2,12,13). The molecule has 1 unspecified atom stereocenters. The zero-order valence-corrected chi connectivity index (χ0v) is 8.25. The largest absolute Gasteiger partial charge is 0.369 e. The van der Waals surface area contributed by atoms with Gasteiger partial charge in [-0.05, 0) is 17.2 Å². The average Bonchev–Trinajstić information content (AvgIpc) is 2.17. The molecule has 2 N–H and O–H groups in total. The van der Waals surface area contributed by atoms with E-state index in [1.54, 1.807) is 6.08 Å². The van der Waals surface area contributed by atoms with Gasteiger partial charge in [-0.3, -0.25) is 4.79 Å². The monoisotopic (exact) mass is 203 g/mol. The molecule has 1 aliphatic rings. The van der Waals surface area contributed by atoms with Crippen LogP contribution in [0.15, 0.2) is 30.3 Å². The second kappa shape index (κ2) is 3.35. The van der Waals surface area contributed by atoms with E-state index in [-0.39, 0.29) is 5.91 Å². The number of allylic oxidation sites excluding steroid dienone is 1. The normalized spacial score (nSPS) is 19.1. The summed E-state index contributed by atoms with van der Waals surface area (Å²) >= 11 is 5.09. The highest BCUT2D eigenvalue weighted by Crippen LogP contribution is 2.27. The molecule has 2 nitrogen and oxygen atoms in total. The number of carbonyl (C=O) groups excluding carboxylic acids is 1. The van der Waals surface area contributed by atoms with Crippen LogP contribution < -0.4 is 5.73 Å². The van der Waals surface area contributed by atoms with Crippen molar-refractivity contribution in [3.8, 4) is 0 Å². The number of rotatable bonds is 1. The third-order valence-corrected chi connectivity index (χ3v) is 2.67. The predicted octanol–water partition coefficient (Wildman–Crippen LogP) is 1.65. The molecule has 14 heavy (non-hydrogen) atoms. The Morgan fingerprint density at radius 2 is 2.00 bits per heavy atom. The summed E-state index contributed by atoms with van der Waals surface area (Å²) in [6.07, 6.45) is 3.68. The summed E-state index contributed by atoms with van der Waals surface area (Å²) in [6, 6.07) is 7.65. The van der Waals surface area contributed by atoms with Gasteiger partial charge in [-0.1, -0.05) is 42.6 Å². The molecule has 1 aromatic carbocycles. The average molecular weight is 203 g/mol. The molecule has 0 saturated heterocycles. The Morgan fingerprint density at radius 3 is 2.71 bits per heavy atom. The van der Waals surface area contributed by atoms with Crippen LogP contribution in [-0.2, 0) is 4.79 Å². The van der Waals surface area contributed by atoms with E-state index in [4.69, 9.17) is 18.0 Å². The van der Waals surface area contributed by atoms with Crippen LogP contribution in [0.2, 0.25) is 0 Å². The van der Waals surface area contributed by atoms with Gasteiger partial charge in [0, 0.05) is 4.86 Å². The van der Waals surface area contributed by atoms with Crippen molar-refractivity contribution in [2.45, 2.75) is 5.92 Å². The molecule has 1 amide bonds. The summed E-state index contributed by atoms with van der Waals surface area (Å²) < 4.78 is 0. The van der Waals surface area contributed by atoms with Gasteiger partial charge in [0.2, 0.25) is 5.91 Å². The predicted molar refractivity (Wildman–Crippen MR) is 60.0 cm³/mol. The molecule has 0 aliphatic heterocycles. The molecule has 0 aromatic heterocycles. The number of benzene rings is 1. The SMILES string of the molecule is NC(=O)C1C(=S)C=Cc2ccccc21. The fourth-order valence-electron chi connectivity index (χ4n) is 1.64. The number of carbonyl (C=O) groups is 1. The van der Waals surface area contributed by atoms with Gasteiger partial charge in [0.05, 0.1) is 5.92 Å². The fourth-order valence-corrected chi connectivity index (χ4v) is 1.95. The number of primary amides is 1. The van der Waals surface area contributed by atoms with E-state index < -0.39 is 5.92 Å². The van der Waals surface area contributed by atoms with Crippen LogP contribution in [-0.4, -0.2) is 10.8 Å². The summed E-state index contributed by atoms with van der Waals surface area (Å²) in [5.74, 6) is -0.821.